The zero-order valence-electron chi connectivity index (χ0n) is 31.8. The molecule has 0 heterocycles. The molecule has 5 fully saturated rings. The monoisotopic (exact) mass is 663 g/mol. The van der Waals surface area contributed by atoms with Crippen LogP contribution in [0.3, 0.4) is 0 Å². The van der Waals surface area contributed by atoms with Gasteiger partial charge in [-0.15, -0.1) is 6.58 Å². The highest BCUT2D eigenvalue weighted by Crippen LogP contribution is 2.69. The molecule has 48 heavy (non-hydrogen) atoms. The molecule has 1 heteroatoms. The molecule has 0 spiro atoms. The molecule has 0 N–H and O–H groups in total. The lowest BCUT2D eigenvalue weighted by molar-refractivity contribution is 0.0722. The van der Waals surface area contributed by atoms with Gasteiger partial charge in [-0.3, -0.25) is 0 Å². The second-order valence-electron chi connectivity index (χ2n) is 20.0. The van der Waals surface area contributed by atoms with Gasteiger partial charge < -0.3 is 0 Å². The summed E-state index contributed by atoms with van der Waals surface area (Å²) in [6.45, 7) is 19.5. The number of hydrogen-bond donors (Lipinski definition) is 0. The van der Waals surface area contributed by atoms with Crippen molar-refractivity contribution in [2.24, 2.45) is 64.1 Å². The quantitative estimate of drug-likeness (QED) is 0.150. The fourth-order valence-corrected chi connectivity index (χ4v) is 21.7. The molecule has 7 rings (SSSR count). The van der Waals surface area contributed by atoms with Crippen molar-refractivity contribution in [3.05, 3.63) is 73.3 Å². The normalized spacial score (nSPS) is 37.0. The maximum Gasteiger partial charge on any atom is 0.124 e. The zero-order valence-corrected chi connectivity index (χ0v) is 32.8. The van der Waals surface area contributed by atoms with Crippen LogP contribution in [-0.2, 0) is 0 Å². The van der Waals surface area contributed by atoms with Crippen LogP contribution >= 0.6 is 0 Å². The molecule has 0 saturated heterocycles. The average molecular weight is 663 g/mol. The van der Waals surface area contributed by atoms with Crippen LogP contribution in [0, 0.1) is 64.1 Å². The molecule has 0 aliphatic heterocycles. The van der Waals surface area contributed by atoms with E-state index in [0.29, 0.717) is 10.8 Å². The number of benzene rings is 2. The minimum atomic E-state index is -2.29. The van der Waals surface area contributed by atoms with E-state index in [1.807, 2.05) is 10.4 Å². The summed E-state index contributed by atoms with van der Waals surface area (Å²) >= 11 is 0. The van der Waals surface area contributed by atoms with Crippen LogP contribution in [0.5, 0.6) is 0 Å². The van der Waals surface area contributed by atoms with E-state index in [2.05, 4.69) is 115 Å². The molecule has 0 amide bonds. The van der Waals surface area contributed by atoms with E-state index in [1.54, 1.807) is 0 Å². The Morgan fingerprint density at radius 3 is 1.58 bits per heavy atom. The largest absolute Gasteiger partial charge is 0.124 e. The number of allylic oxidation sites excluding steroid dienone is 1. The van der Waals surface area contributed by atoms with Crippen LogP contribution in [0.15, 0.2) is 73.3 Å². The van der Waals surface area contributed by atoms with E-state index in [9.17, 15) is 0 Å². The summed E-state index contributed by atoms with van der Waals surface area (Å²) in [6.07, 6.45) is 22.5. The van der Waals surface area contributed by atoms with E-state index in [0.717, 1.165) is 64.3 Å². The van der Waals surface area contributed by atoms with E-state index in [4.69, 9.17) is 0 Å². The first-order valence-corrected chi connectivity index (χ1v) is 22.9. The molecule has 5 aliphatic carbocycles. The van der Waals surface area contributed by atoms with E-state index in [1.165, 1.54) is 89.9 Å². The highest BCUT2D eigenvalue weighted by atomic mass is 28.3. The van der Waals surface area contributed by atoms with Crippen molar-refractivity contribution < 1.29 is 0 Å². The second kappa shape index (κ2) is 13.8. The standard InChI is InChI=1S/C47H70Si/c1-8-9-12-19-33-30-44(41-25-18-17-24-38(33)41)48(36-20-13-10-14-21-36,37-22-15-11-16-23-37)45-42-31-34(46(2,3)4)26-28-39(42)40-29-27-35(32-43(40)45)47(5,6)7/h8,10-11,13-16,20-23,33-35,38-45H,1,9,12,17-19,24-32H2,2-7H3. The smallest absolute Gasteiger partial charge is 0.103 e. The molecule has 10 atom stereocenters. The Bertz CT molecular complexity index is 1270. The Morgan fingerprint density at radius 1 is 0.604 bits per heavy atom. The Balaban J connectivity index is 1.45. The minimum Gasteiger partial charge on any atom is -0.103 e. The first kappa shape index (κ1) is 34.8. The first-order valence-electron chi connectivity index (χ1n) is 20.8. The van der Waals surface area contributed by atoms with Crippen molar-refractivity contribution in [3.8, 4) is 0 Å². The lowest BCUT2D eigenvalue weighted by Gasteiger charge is -2.53. The van der Waals surface area contributed by atoms with Crippen molar-refractivity contribution in [2.45, 2.75) is 143 Å². The number of rotatable bonds is 8. The van der Waals surface area contributed by atoms with Gasteiger partial charge in [0.05, 0.1) is 0 Å². The zero-order chi connectivity index (χ0) is 33.7. The average Bonchev–Trinajstić information content (AvgIpc) is 3.61. The van der Waals surface area contributed by atoms with Crippen molar-refractivity contribution in [1.29, 1.82) is 0 Å². The topological polar surface area (TPSA) is 0 Å². The summed E-state index contributed by atoms with van der Waals surface area (Å²) in [6, 6.07) is 25.1. The molecule has 0 nitrogen and oxygen atoms in total. The van der Waals surface area contributed by atoms with Gasteiger partial charge in [-0.2, -0.15) is 0 Å². The SMILES string of the molecule is C=CCCCC1CC([Si](c2ccccc2)(c2ccccc2)C2C3CC(C(C)(C)C)CCC3C3CCC(C(C)(C)C)CC32)C2CCCCC12. The van der Waals surface area contributed by atoms with Crippen LogP contribution in [0.1, 0.15) is 131 Å². The Labute approximate surface area is 297 Å². The lowest BCUT2D eigenvalue weighted by atomic mass is 9.62. The van der Waals surface area contributed by atoms with Crippen LogP contribution < -0.4 is 10.4 Å². The molecule has 10 unspecified atom stereocenters. The molecule has 0 bridgehead atoms. The summed E-state index contributed by atoms with van der Waals surface area (Å²) in [5.41, 5.74) is 2.54. The summed E-state index contributed by atoms with van der Waals surface area (Å²) in [7, 11) is -2.29. The van der Waals surface area contributed by atoms with Gasteiger partial charge in [-0.1, -0.05) is 138 Å². The minimum absolute atomic E-state index is 0.402. The van der Waals surface area contributed by atoms with E-state index in [-0.39, 0.29) is 0 Å². The second-order valence-corrected chi connectivity index (χ2v) is 24.3. The first-order chi connectivity index (χ1) is 23.0. The van der Waals surface area contributed by atoms with Crippen LogP contribution in [-0.4, -0.2) is 8.07 Å². The third-order valence-electron chi connectivity index (χ3n) is 16.0. The third kappa shape index (κ3) is 6.17. The van der Waals surface area contributed by atoms with Gasteiger partial charge in [0.2, 0.25) is 0 Å². The number of fused-ring (bicyclic) bond motifs is 4. The van der Waals surface area contributed by atoms with Crippen LogP contribution in [0.2, 0.25) is 11.1 Å². The fraction of sp³-hybridized carbons (Fsp3) is 0.702. The maximum atomic E-state index is 4.12. The van der Waals surface area contributed by atoms with Crippen molar-refractivity contribution in [3.63, 3.8) is 0 Å². The van der Waals surface area contributed by atoms with Gasteiger partial charge in [0, 0.05) is 0 Å². The lowest BCUT2D eigenvalue weighted by Crippen LogP contribution is -2.67. The molecular formula is C47H70Si. The van der Waals surface area contributed by atoms with Crippen molar-refractivity contribution >= 4 is 18.4 Å². The molecule has 2 aromatic carbocycles. The van der Waals surface area contributed by atoms with Crippen LogP contribution in [0.4, 0.5) is 0 Å². The summed E-state index contributed by atoms with van der Waals surface area (Å²) in [5, 5.41) is 3.63. The molecule has 2 aromatic rings. The molecular weight excluding hydrogens is 593 g/mol. The summed E-state index contributed by atoms with van der Waals surface area (Å²) in [4.78, 5) is 0. The summed E-state index contributed by atoms with van der Waals surface area (Å²) < 4.78 is 0. The van der Waals surface area contributed by atoms with Gasteiger partial charge in [-0.05, 0) is 146 Å². The number of unbranched alkanes of at least 4 members (excludes halogenated alkanes) is 1. The Morgan fingerprint density at radius 2 is 1.10 bits per heavy atom. The predicted molar refractivity (Wildman–Crippen MR) is 211 cm³/mol. The Kier molecular flexibility index (Phi) is 10.0. The highest BCUT2D eigenvalue weighted by Gasteiger charge is 2.67. The molecule has 5 aliphatic rings. The summed E-state index contributed by atoms with van der Waals surface area (Å²) in [5.74, 6) is 8.18. The highest BCUT2D eigenvalue weighted by molar-refractivity contribution is 7.04. The van der Waals surface area contributed by atoms with E-state index < -0.39 is 8.07 Å². The van der Waals surface area contributed by atoms with Gasteiger partial charge in [-0.25, -0.2) is 0 Å². The van der Waals surface area contributed by atoms with Crippen molar-refractivity contribution in [1.82, 2.24) is 0 Å². The Hall–Kier alpha value is -1.60. The molecule has 0 aromatic heterocycles. The van der Waals surface area contributed by atoms with Gasteiger partial charge in [0.15, 0.2) is 0 Å². The van der Waals surface area contributed by atoms with Gasteiger partial charge in [0.25, 0.3) is 0 Å². The fourth-order valence-electron chi connectivity index (χ4n) is 13.9. The predicted octanol–water partition coefficient (Wildman–Crippen LogP) is 12.3. The molecule has 0 radical (unpaired) electrons. The number of hydrogen-bond acceptors (Lipinski definition) is 0. The molecule has 262 valence electrons. The van der Waals surface area contributed by atoms with Crippen molar-refractivity contribution in [2.75, 3.05) is 0 Å². The van der Waals surface area contributed by atoms with E-state index >= 15 is 0 Å². The molecule has 5 saturated carbocycles. The third-order valence-corrected chi connectivity index (χ3v) is 22.3. The maximum absolute atomic E-state index is 4.12. The van der Waals surface area contributed by atoms with Gasteiger partial charge >= 0.3 is 0 Å². The van der Waals surface area contributed by atoms with Crippen LogP contribution in [0.25, 0.3) is 0 Å². The van der Waals surface area contributed by atoms with Gasteiger partial charge in [0.1, 0.15) is 8.07 Å².